The molecule has 0 heterocycles. The highest BCUT2D eigenvalue weighted by molar-refractivity contribution is 5.54. The lowest BCUT2D eigenvalue weighted by molar-refractivity contribution is 0.0420. The van der Waals surface area contributed by atoms with E-state index in [0.29, 0.717) is 18.0 Å². The Kier molecular flexibility index (Phi) is 8.46. The van der Waals surface area contributed by atoms with E-state index in [1.165, 1.54) is 19.3 Å². The van der Waals surface area contributed by atoms with Gasteiger partial charge in [0.15, 0.2) is 0 Å². The maximum absolute atomic E-state index is 5.96. The number of nitrogen functional groups attached to an aromatic ring is 2. The van der Waals surface area contributed by atoms with E-state index in [1.54, 1.807) is 6.07 Å². The Balaban J connectivity index is 2.29. The van der Waals surface area contributed by atoms with Crippen LogP contribution in [0.2, 0.25) is 0 Å². The van der Waals surface area contributed by atoms with E-state index < -0.39 is 0 Å². The summed E-state index contributed by atoms with van der Waals surface area (Å²) < 4.78 is 5.96. The van der Waals surface area contributed by atoms with Gasteiger partial charge in [-0.25, -0.2) is 0 Å². The summed E-state index contributed by atoms with van der Waals surface area (Å²) in [4.78, 5) is 0. The van der Waals surface area contributed by atoms with Crippen LogP contribution >= 0.6 is 0 Å². The fourth-order valence-corrected chi connectivity index (χ4v) is 2.81. The lowest BCUT2D eigenvalue weighted by atomic mass is 9.86. The molecule has 23 heavy (non-hydrogen) atoms. The van der Waals surface area contributed by atoms with Crippen molar-refractivity contribution < 1.29 is 4.74 Å². The number of hydrogen-bond acceptors (Lipinski definition) is 3. The Bertz CT molecular complexity index is 439. The molecular formula is C20H36N2O. The second-order valence-corrected chi connectivity index (χ2v) is 7.63. The Morgan fingerprint density at radius 3 is 1.83 bits per heavy atom. The van der Waals surface area contributed by atoms with Gasteiger partial charge in [-0.3, -0.25) is 0 Å². The number of nitrogens with two attached hydrogens (primary N) is 2. The summed E-state index contributed by atoms with van der Waals surface area (Å²) in [5.41, 5.74) is 14.1. The first-order valence-corrected chi connectivity index (χ1v) is 9.04. The molecule has 4 N–H and O–H groups in total. The van der Waals surface area contributed by atoms with Crippen LogP contribution in [-0.4, -0.2) is 6.10 Å². The van der Waals surface area contributed by atoms with Crippen LogP contribution in [0, 0.1) is 17.8 Å². The molecule has 3 unspecified atom stereocenters. The fraction of sp³-hybridized carbons (Fsp3) is 0.700. The highest BCUT2D eigenvalue weighted by Crippen LogP contribution is 2.24. The van der Waals surface area contributed by atoms with E-state index in [1.807, 2.05) is 12.1 Å². The van der Waals surface area contributed by atoms with Crippen molar-refractivity contribution in [2.24, 2.45) is 17.8 Å². The van der Waals surface area contributed by atoms with Crippen molar-refractivity contribution in [1.82, 2.24) is 0 Å². The normalized spacial score (nSPS) is 15.6. The van der Waals surface area contributed by atoms with Gasteiger partial charge in [-0.2, -0.15) is 0 Å². The molecule has 0 spiro atoms. The largest absolute Gasteiger partial charge is 0.399 e. The maximum atomic E-state index is 5.96. The molecule has 1 aromatic rings. The summed E-state index contributed by atoms with van der Waals surface area (Å²) in [6.45, 7) is 12.1. The number of hydrogen-bond donors (Lipinski definition) is 2. The number of anilines is 2. The Morgan fingerprint density at radius 2 is 1.30 bits per heavy atom. The van der Waals surface area contributed by atoms with Crippen LogP contribution in [0.15, 0.2) is 18.2 Å². The van der Waals surface area contributed by atoms with E-state index in [-0.39, 0.29) is 6.10 Å². The lowest BCUT2D eigenvalue weighted by Gasteiger charge is -2.22. The quantitative estimate of drug-likeness (QED) is 0.579. The van der Waals surface area contributed by atoms with Crippen molar-refractivity contribution >= 4 is 11.4 Å². The molecular weight excluding hydrogens is 284 g/mol. The topological polar surface area (TPSA) is 61.3 Å². The molecule has 0 fully saturated rings. The molecule has 0 bridgehead atoms. The van der Waals surface area contributed by atoms with Gasteiger partial charge in [0.05, 0.1) is 12.7 Å². The zero-order valence-electron chi connectivity index (χ0n) is 15.6. The standard InChI is InChI=1S/C20H36N2O/c1-14(2)6-7-15(3)16(4)8-9-17(5)23-13-18-10-19(21)12-20(22)11-18/h10-12,14-17H,6-9,13,21-22H2,1-5H3. The van der Waals surface area contributed by atoms with Gasteiger partial charge >= 0.3 is 0 Å². The molecule has 3 heteroatoms. The van der Waals surface area contributed by atoms with Gasteiger partial charge in [0.25, 0.3) is 0 Å². The monoisotopic (exact) mass is 320 g/mol. The second kappa shape index (κ2) is 9.82. The third-order valence-corrected chi connectivity index (χ3v) is 4.77. The summed E-state index contributed by atoms with van der Waals surface area (Å²) >= 11 is 0. The van der Waals surface area contributed by atoms with Gasteiger partial charge in [0, 0.05) is 11.4 Å². The summed E-state index contributed by atoms with van der Waals surface area (Å²) in [5.74, 6) is 2.35. The highest BCUT2D eigenvalue weighted by Gasteiger charge is 2.14. The number of ether oxygens (including phenoxy) is 1. The van der Waals surface area contributed by atoms with Crippen molar-refractivity contribution in [3.63, 3.8) is 0 Å². The first-order valence-electron chi connectivity index (χ1n) is 9.04. The molecule has 132 valence electrons. The number of rotatable bonds is 10. The van der Waals surface area contributed by atoms with E-state index in [9.17, 15) is 0 Å². The highest BCUT2D eigenvalue weighted by atomic mass is 16.5. The Labute approximate surface area is 142 Å². The van der Waals surface area contributed by atoms with Gasteiger partial charge in [-0.1, -0.05) is 40.5 Å². The lowest BCUT2D eigenvalue weighted by Crippen LogP contribution is -2.14. The molecule has 3 atom stereocenters. The smallest absolute Gasteiger partial charge is 0.0722 e. The molecule has 0 saturated heterocycles. The van der Waals surface area contributed by atoms with Crippen LogP contribution < -0.4 is 11.5 Å². The Hall–Kier alpha value is -1.22. The molecule has 0 aliphatic heterocycles. The van der Waals surface area contributed by atoms with Crippen molar-refractivity contribution in [3.05, 3.63) is 23.8 Å². The molecule has 0 aliphatic carbocycles. The predicted molar refractivity (Wildman–Crippen MR) is 101 cm³/mol. The van der Waals surface area contributed by atoms with Gasteiger partial charge in [0.2, 0.25) is 0 Å². The van der Waals surface area contributed by atoms with Crippen LogP contribution in [0.1, 0.15) is 65.9 Å². The minimum Gasteiger partial charge on any atom is -0.399 e. The van der Waals surface area contributed by atoms with Crippen LogP contribution in [0.4, 0.5) is 11.4 Å². The minimum absolute atomic E-state index is 0.261. The molecule has 1 rings (SSSR count). The average Bonchev–Trinajstić information content (AvgIpc) is 2.47. The van der Waals surface area contributed by atoms with Gasteiger partial charge in [-0.05, 0) is 61.3 Å². The molecule has 0 aromatic heterocycles. The zero-order valence-corrected chi connectivity index (χ0v) is 15.6. The van der Waals surface area contributed by atoms with E-state index in [4.69, 9.17) is 16.2 Å². The molecule has 0 saturated carbocycles. The maximum Gasteiger partial charge on any atom is 0.0722 e. The third kappa shape index (κ3) is 8.26. The zero-order chi connectivity index (χ0) is 17.4. The second-order valence-electron chi connectivity index (χ2n) is 7.63. The number of benzene rings is 1. The average molecular weight is 321 g/mol. The summed E-state index contributed by atoms with van der Waals surface area (Å²) in [6, 6.07) is 5.63. The summed E-state index contributed by atoms with van der Waals surface area (Å²) in [6.07, 6.45) is 5.24. The Morgan fingerprint density at radius 1 is 0.783 bits per heavy atom. The van der Waals surface area contributed by atoms with Crippen molar-refractivity contribution in [3.8, 4) is 0 Å². The van der Waals surface area contributed by atoms with Crippen molar-refractivity contribution in [1.29, 1.82) is 0 Å². The van der Waals surface area contributed by atoms with Crippen LogP contribution in [0.5, 0.6) is 0 Å². The van der Waals surface area contributed by atoms with Crippen molar-refractivity contribution in [2.75, 3.05) is 11.5 Å². The molecule has 0 radical (unpaired) electrons. The molecule has 0 amide bonds. The molecule has 3 nitrogen and oxygen atoms in total. The first kappa shape index (κ1) is 19.8. The first-order chi connectivity index (χ1) is 10.8. The van der Waals surface area contributed by atoms with Crippen LogP contribution in [0.25, 0.3) is 0 Å². The fourth-order valence-electron chi connectivity index (χ4n) is 2.81. The van der Waals surface area contributed by atoms with Crippen molar-refractivity contribution in [2.45, 2.75) is 73.0 Å². The minimum atomic E-state index is 0.261. The summed E-state index contributed by atoms with van der Waals surface area (Å²) in [5, 5.41) is 0. The third-order valence-electron chi connectivity index (χ3n) is 4.77. The van der Waals surface area contributed by atoms with E-state index >= 15 is 0 Å². The van der Waals surface area contributed by atoms with Crippen LogP contribution in [-0.2, 0) is 11.3 Å². The van der Waals surface area contributed by atoms with Gasteiger partial charge < -0.3 is 16.2 Å². The van der Waals surface area contributed by atoms with E-state index in [0.717, 1.165) is 29.7 Å². The van der Waals surface area contributed by atoms with Gasteiger partial charge in [-0.15, -0.1) is 0 Å². The predicted octanol–water partition coefficient (Wildman–Crippen LogP) is 5.24. The SMILES string of the molecule is CC(C)CCC(C)C(C)CCC(C)OCc1cc(N)cc(N)c1. The van der Waals surface area contributed by atoms with E-state index in [2.05, 4.69) is 34.6 Å². The summed E-state index contributed by atoms with van der Waals surface area (Å²) in [7, 11) is 0. The van der Waals surface area contributed by atoms with Gasteiger partial charge in [0.1, 0.15) is 0 Å². The van der Waals surface area contributed by atoms with Crippen LogP contribution in [0.3, 0.4) is 0 Å². The molecule has 0 aliphatic rings. The molecule has 1 aromatic carbocycles.